The highest BCUT2D eigenvalue weighted by molar-refractivity contribution is 5.10. The van der Waals surface area contributed by atoms with Crippen LogP contribution in [0.4, 0.5) is 22.0 Å². The van der Waals surface area contributed by atoms with Gasteiger partial charge in [-0.1, -0.05) is 55.4 Å². The van der Waals surface area contributed by atoms with Gasteiger partial charge >= 0.3 is 6.36 Å². The molecule has 0 N–H and O–H groups in total. The van der Waals surface area contributed by atoms with Gasteiger partial charge in [-0.25, -0.2) is 8.78 Å². The molecule has 1 saturated carbocycles. The van der Waals surface area contributed by atoms with Gasteiger partial charge in [-0.2, -0.15) is 0 Å². The summed E-state index contributed by atoms with van der Waals surface area (Å²) in [7, 11) is 0. The van der Waals surface area contributed by atoms with Crippen molar-refractivity contribution < 1.29 is 31.4 Å². The smallest absolute Gasteiger partial charge is 0.380 e. The third-order valence-corrected chi connectivity index (χ3v) is 19.2. The van der Waals surface area contributed by atoms with Gasteiger partial charge in [0.2, 0.25) is 0 Å². The lowest BCUT2D eigenvalue weighted by atomic mass is 9.56. The van der Waals surface area contributed by atoms with Gasteiger partial charge in [-0.05, 0) is 179 Å². The van der Waals surface area contributed by atoms with E-state index in [-0.39, 0.29) is 0 Å². The minimum absolute atomic E-state index is 0.304. The number of likely N-dealkylation sites (tertiary alicyclic amines) is 9. The Morgan fingerprint density at radius 3 is 0.721 bits per heavy atom. The van der Waals surface area contributed by atoms with Crippen molar-refractivity contribution in [3.05, 3.63) is 0 Å². The molecule has 11 nitrogen and oxygen atoms in total. The van der Waals surface area contributed by atoms with Crippen LogP contribution in [0.2, 0.25) is 0 Å². The lowest BCUT2D eigenvalue weighted by Crippen LogP contribution is -2.67. The normalized spacial score (nSPS) is 26.4. The Bertz CT molecular complexity index is 1720. The monoisotopic (exact) mass is 1230 g/mol. The van der Waals surface area contributed by atoms with Gasteiger partial charge in [0.15, 0.2) is 0 Å². The standard InChI is InChI=1S/C10H18FN.C8H15NO.3C8H17N.C7H12F3NO.C7H14FN.2C7H15N/c1-8(2)12-6-10(7-12)4-9(3,11)5-10;1-7(2)9-3-8(4-9)5-10-6-8;3*1-7(2)9-5-8(3,4)6-9;1-5(2)11-3-6(4-11)12-7(8,9)10;1-6(2)9-4-7(3,8)5-9;2*1-6(2)8-4-7(3)5-8/h8H,4-7H2,1-3H3;7H,3-6H2,1-2H3;3*7H,5-6H2,1-4H3;5-6H,3-4H2,1-2H3;6H,4-5H2,1-3H3;2*6-7H,4-5H2,1-3H3. The van der Waals surface area contributed by atoms with Gasteiger partial charge in [0.05, 0.1) is 19.3 Å². The second-order valence-electron chi connectivity index (χ2n) is 34.7. The first-order valence-electron chi connectivity index (χ1n) is 34.3. The number of hydrogen-bond acceptors (Lipinski definition) is 11. The van der Waals surface area contributed by atoms with Gasteiger partial charge in [0.25, 0.3) is 0 Å². The molecular formula is C70H140F5N9O2. The minimum atomic E-state index is -4.48. The second-order valence-corrected chi connectivity index (χ2v) is 34.7. The molecule has 10 heterocycles. The maximum absolute atomic E-state index is 13.2. The van der Waals surface area contributed by atoms with Crippen LogP contribution in [0.3, 0.4) is 0 Å². The molecule has 11 fully saturated rings. The summed E-state index contributed by atoms with van der Waals surface area (Å²) in [6.07, 6.45) is -3.55. The van der Waals surface area contributed by atoms with E-state index < -0.39 is 23.8 Å². The van der Waals surface area contributed by atoms with Crippen LogP contribution in [-0.2, 0) is 9.47 Å². The van der Waals surface area contributed by atoms with Crippen molar-refractivity contribution in [2.75, 3.05) is 131 Å². The summed E-state index contributed by atoms with van der Waals surface area (Å²) < 4.78 is 69.8. The van der Waals surface area contributed by atoms with Gasteiger partial charge in [-0.3, -0.25) is 39.0 Å². The largest absolute Gasteiger partial charge is 0.522 e. The van der Waals surface area contributed by atoms with Crippen molar-refractivity contribution in [3.63, 3.8) is 0 Å². The fourth-order valence-electron chi connectivity index (χ4n) is 13.6. The fraction of sp³-hybridized carbons (Fsp3) is 1.00. The predicted octanol–water partition coefficient (Wildman–Crippen LogP) is 13.9. The van der Waals surface area contributed by atoms with E-state index in [1.54, 1.807) is 13.8 Å². The van der Waals surface area contributed by atoms with Crippen molar-refractivity contribution in [2.24, 2.45) is 38.9 Å². The second kappa shape index (κ2) is 32.4. The summed E-state index contributed by atoms with van der Waals surface area (Å²) >= 11 is 0. The molecule has 16 heteroatoms. The third-order valence-electron chi connectivity index (χ3n) is 19.2. The summed E-state index contributed by atoms with van der Waals surface area (Å²) in [4.78, 5) is 21.5. The van der Waals surface area contributed by atoms with Crippen molar-refractivity contribution in [1.82, 2.24) is 44.1 Å². The highest BCUT2D eigenvalue weighted by Gasteiger charge is 2.58. The molecule has 11 aliphatic rings. The average molecular weight is 1230 g/mol. The SMILES string of the molecule is CC(C)N1CC(C)(C)C1.CC(C)N1CC(C)(C)C1.CC(C)N1CC(C)(C)C1.CC(C)N1CC(C)(F)C1.CC(C)N1CC(OC(F)(F)F)C1.CC(C)N1CC2(C1)CC(C)(F)C2.CC(C)N1CC2(COC2)C1.CC1CN(C(C)C)C1.CC1CN(C(C)C)C1. The molecule has 2 spiro atoms. The van der Waals surface area contributed by atoms with Crippen molar-refractivity contribution in [1.29, 1.82) is 0 Å². The Morgan fingerprint density at radius 1 is 0.337 bits per heavy atom. The van der Waals surface area contributed by atoms with Crippen LogP contribution in [0.5, 0.6) is 0 Å². The number of rotatable bonds is 10. The van der Waals surface area contributed by atoms with Crippen LogP contribution in [0.15, 0.2) is 0 Å². The van der Waals surface area contributed by atoms with Gasteiger partial charge in [0.1, 0.15) is 11.3 Å². The summed E-state index contributed by atoms with van der Waals surface area (Å²) in [6.45, 7) is 83.3. The number of alkyl halides is 5. The molecule has 0 unspecified atom stereocenters. The van der Waals surface area contributed by atoms with E-state index in [2.05, 4.69) is 210 Å². The van der Waals surface area contributed by atoms with Crippen LogP contribution in [0, 0.1) is 38.9 Å². The summed E-state index contributed by atoms with van der Waals surface area (Å²) in [5, 5.41) is 0. The zero-order valence-electron chi connectivity index (χ0n) is 61.2. The lowest BCUT2D eigenvalue weighted by Gasteiger charge is -2.61. The van der Waals surface area contributed by atoms with Crippen LogP contribution in [-0.4, -0.2) is 253 Å². The third kappa shape index (κ3) is 27.0. The van der Waals surface area contributed by atoms with Crippen LogP contribution in [0.1, 0.15) is 207 Å². The number of hydrogen-bond donors (Lipinski definition) is 0. The number of nitrogens with zero attached hydrogens (tertiary/aromatic N) is 9. The Balaban J connectivity index is 0.000000254. The molecule has 512 valence electrons. The van der Waals surface area contributed by atoms with E-state index in [9.17, 15) is 22.0 Å². The summed E-state index contributed by atoms with van der Waals surface area (Å²) in [5.41, 5.74) is 1.05. The molecule has 0 radical (unpaired) electrons. The Hall–Kier alpha value is -0.790. The van der Waals surface area contributed by atoms with E-state index in [1.165, 1.54) is 78.5 Å². The first kappa shape index (κ1) is 79.4. The molecule has 11 rings (SSSR count). The molecular weight excluding hydrogens is 1090 g/mol. The van der Waals surface area contributed by atoms with E-state index in [0.717, 1.165) is 87.2 Å². The Morgan fingerprint density at radius 2 is 0.570 bits per heavy atom. The molecule has 86 heavy (non-hydrogen) atoms. The molecule has 1 aliphatic carbocycles. The summed E-state index contributed by atoms with van der Waals surface area (Å²) in [6, 6.07) is 5.96. The molecule has 10 aliphatic heterocycles. The molecule has 0 aromatic carbocycles. The minimum Gasteiger partial charge on any atom is -0.380 e. The van der Waals surface area contributed by atoms with Gasteiger partial charge in [-0.15, -0.1) is 13.2 Å². The van der Waals surface area contributed by atoms with Crippen molar-refractivity contribution >= 4 is 0 Å². The van der Waals surface area contributed by atoms with E-state index >= 15 is 0 Å². The molecule has 0 aromatic heterocycles. The van der Waals surface area contributed by atoms with Crippen LogP contribution in [0.25, 0.3) is 0 Å². The fourth-order valence-corrected chi connectivity index (χ4v) is 13.6. The highest BCUT2D eigenvalue weighted by Crippen LogP contribution is 2.56. The zero-order chi connectivity index (χ0) is 66.1. The maximum atomic E-state index is 13.2. The molecule has 0 amide bonds. The average Bonchev–Trinajstić information content (AvgIpc) is 3.22. The first-order chi connectivity index (χ1) is 39.0. The van der Waals surface area contributed by atoms with Crippen molar-refractivity contribution in [3.8, 4) is 0 Å². The lowest BCUT2D eigenvalue weighted by molar-refractivity contribution is -0.355. The molecule has 10 saturated heterocycles. The number of ether oxygens (including phenoxy) is 2. The topological polar surface area (TPSA) is 47.6 Å². The number of halogens is 5. The molecule has 0 bridgehead atoms. The molecule has 0 atom stereocenters. The van der Waals surface area contributed by atoms with E-state index in [1.807, 2.05) is 18.7 Å². The molecule has 0 aromatic rings. The van der Waals surface area contributed by atoms with Crippen LogP contribution < -0.4 is 0 Å². The van der Waals surface area contributed by atoms with E-state index in [4.69, 9.17) is 4.74 Å². The van der Waals surface area contributed by atoms with Crippen molar-refractivity contribution in [2.45, 2.75) is 285 Å². The van der Waals surface area contributed by atoms with Gasteiger partial charge < -0.3 is 14.5 Å². The highest BCUT2D eigenvalue weighted by atomic mass is 19.4. The Kier molecular flexibility index (Phi) is 29.9. The van der Waals surface area contributed by atoms with E-state index in [0.29, 0.717) is 71.4 Å². The predicted molar refractivity (Wildman–Crippen MR) is 355 cm³/mol. The summed E-state index contributed by atoms with van der Waals surface area (Å²) in [5.74, 6) is 1.91. The maximum Gasteiger partial charge on any atom is 0.522 e. The zero-order valence-corrected chi connectivity index (χ0v) is 61.2. The van der Waals surface area contributed by atoms with Crippen LogP contribution >= 0.6 is 0 Å². The first-order valence-corrected chi connectivity index (χ1v) is 34.3. The Labute approximate surface area is 528 Å². The quantitative estimate of drug-likeness (QED) is 0.197. The van der Waals surface area contributed by atoms with Gasteiger partial charge in [0, 0.05) is 183 Å².